The molecule has 0 aromatic heterocycles. The third-order valence-corrected chi connectivity index (χ3v) is 7.55. The van der Waals surface area contributed by atoms with Crippen LogP contribution in [-0.4, -0.2) is 67.4 Å². The molecule has 0 radical (unpaired) electrons. The van der Waals surface area contributed by atoms with Gasteiger partial charge in [0.05, 0.1) is 25.1 Å². The highest BCUT2D eigenvalue weighted by Gasteiger charge is 2.41. The fourth-order valence-corrected chi connectivity index (χ4v) is 5.54. The smallest absolute Gasteiger partial charge is 0.306 e. The predicted molar refractivity (Wildman–Crippen MR) is 146 cm³/mol. The number of piperidine rings is 1. The number of hydrogen-bond donors (Lipinski definition) is 1. The lowest BCUT2D eigenvalue weighted by Crippen LogP contribution is -2.47. The number of carbonyl (C=O) groups is 3. The quantitative estimate of drug-likeness (QED) is 0.572. The van der Waals surface area contributed by atoms with Gasteiger partial charge in [-0.3, -0.25) is 14.4 Å². The van der Waals surface area contributed by atoms with Crippen molar-refractivity contribution in [2.45, 2.75) is 52.2 Å². The summed E-state index contributed by atoms with van der Waals surface area (Å²) < 4.78 is 23.6. The zero-order valence-corrected chi connectivity index (χ0v) is 23.3. The molecule has 3 aliphatic rings. The second-order valence-electron chi connectivity index (χ2n) is 11.7. The number of rotatable bonds is 6. The van der Waals surface area contributed by atoms with E-state index in [2.05, 4.69) is 20.8 Å². The van der Waals surface area contributed by atoms with Gasteiger partial charge in [-0.25, -0.2) is 0 Å². The standard InChI is InChI=1S/C30H36N2O8/c1-30(2,3)16-32-22-9-8-19(37-4)14-21(22)26(20-6-5-7-23-27(20)39-17-38-23)40-24(28(32)34)15-25(33)31-12-10-18(11-13-31)29(35)36/h5-9,14,18,24,26H,10-13,15-17H2,1-4H3,(H,35,36)/t24-,26-/m0/s1. The van der Waals surface area contributed by atoms with Crippen LogP contribution in [0.15, 0.2) is 36.4 Å². The normalized spacial score (nSPS) is 21.1. The lowest BCUT2D eigenvalue weighted by molar-refractivity contribution is -0.148. The Labute approximate surface area is 233 Å². The largest absolute Gasteiger partial charge is 0.497 e. The summed E-state index contributed by atoms with van der Waals surface area (Å²) in [6.07, 6.45) is -1.21. The summed E-state index contributed by atoms with van der Waals surface area (Å²) in [6, 6.07) is 11.1. The molecule has 3 heterocycles. The third-order valence-electron chi connectivity index (χ3n) is 7.55. The van der Waals surface area contributed by atoms with Gasteiger partial charge in [0.2, 0.25) is 12.7 Å². The molecule has 5 rings (SSSR count). The van der Waals surface area contributed by atoms with E-state index in [1.54, 1.807) is 16.9 Å². The van der Waals surface area contributed by atoms with Crippen LogP contribution in [0, 0.1) is 11.3 Å². The van der Waals surface area contributed by atoms with Crippen LogP contribution in [0.1, 0.15) is 57.3 Å². The van der Waals surface area contributed by atoms with E-state index in [4.69, 9.17) is 18.9 Å². The number of amides is 2. The number of aliphatic carboxylic acids is 1. The molecule has 3 aliphatic heterocycles. The number of anilines is 1. The van der Waals surface area contributed by atoms with Crippen LogP contribution in [0.3, 0.4) is 0 Å². The molecule has 214 valence electrons. The van der Waals surface area contributed by atoms with Crippen LogP contribution in [0.5, 0.6) is 17.2 Å². The van der Waals surface area contributed by atoms with E-state index in [9.17, 15) is 19.5 Å². The van der Waals surface area contributed by atoms with Gasteiger partial charge in [0.1, 0.15) is 18.0 Å². The average molecular weight is 553 g/mol. The Kier molecular flexibility index (Phi) is 7.63. The number of nitrogens with zero attached hydrogens (tertiary/aromatic N) is 2. The maximum atomic E-state index is 14.2. The van der Waals surface area contributed by atoms with Crippen molar-refractivity contribution in [3.63, 3.8) is 0 Å². The average Bonchev–Trinajstić information content (AvgIpc) is 3.39. The Morgan fingerprint density at radius 1 is 1.07 bits per heavy atom. The Bertz CT molecular complexity index is 1300. The summed E-state index contributed by atoms with van der Waals surface area (Å²) in [5.74, 6) is -0.111. The van der Waals surface area contributed by atoms with E-state index >= 15 is 0 Å². The highest BCUT2D eigenvalue weighted by Crippen LogP contribution is 2.47. The van der Waals surface area contributed by atoms with Crippen molar-refractivity contribution in [1.82, 2.24) is 4.90 Å². The minimum Gasteiger partial charge on any atom is -0.497 e. The summed E-state index contributed by atoms with van der Waals surface area (Å²) in [5, 5.41) is 9.34. The third kappa shape index (κ3) is 5.58. The Morgan fingerprint density at radius 2 is 1.82 bits per heavy atom. The van der Waals surface area contributed by atoms with Crippen LogP contribution in [0.4, 0.5) is 5.69 Å². The number of benzene rings is 2. The summed E-state index contributed by atoms with van der Waals surface area (Å²) in [6.45, 7) is 7.30. The SMILES string of the molecule is COc1ccc2c(c1)[C@H](c1cccc3c1OCO3)O[C@@H](CC(=O)N1CCC(C(=O)O)CC1)C(=O)N2CC(C)(C)C. The molecule has 2 aromatic carbocycles. The van der Waals surface area contributed by atoms with Crippen molar-refractivity contribution >= 4 is 23.5 Å². The van der Waals surface area contributed by atoms with Crippen LogP contribution in [-0.2, 0) is 19.1 Å². The van der Waals surface area contributed by atoms with Crippen LogP contribution in [0.2, 0.25) is 0 Å². The summed E-state index contributed by atoms with van der Waals surface area (Å²) in [5.41, 5.74) is 1.84. The highest BCUT2D eigenvalue weighted by atomic mass is 16.7. The number of ether oxygens (including phenoxy) is 4. The minimum absolute atomic E-state index is 0.0767. The van der Waals surface area contributed by atoms with Crippen molar-refractivity contribution in [2.75, 3.05) is 38.4 Å². The second-order valence-corrected chi connectivity index (χ2v) is 11.7. The van der Waals surface area contributed by atoms with Gasteiger partial charge in [-0.2, -0.15) is 0 Å². The molecule has 2 amide bonds. The lowest BCUT2D eigenvalue weighted by Gasteiger charge is -2.33. The molecule has 0 unspecified atom stereocenters. The first kappa shape index (κ1) is 27.8. The van der Waals surface area contributed by atoms with E-state index in [-0.39, 0.29) is 30.4 Å². The van der Waals surface area contributed by atoms with E-state index in [1.165, 1.54) is 0 Å². The fraction of sp³-hybridized carbons (Fsp3) is 0.500. The number of carboxylic acid groups (broad SMARTS) is 1. The monoisotopic (exact) mass is 552 g/mol. The highest BCUT2D eigenvalue weighted by molar-refractivity contribution is 6.00. The molecule has 0 bridgehead atoms. The predicted octanol–water partition coefficient (Wildman–Crippen LogP) is 4.00. The van der Waals surface area contributed by atoms with Crippen LogP contribution < -0.4 is 19.1 Å². The fourth-order valence-electron chi connectivity index (χ4n) is 5.54. The molecule has 1 N–H and O–H groups in total. The number of para-hydroxylation sites is 1. The number of likely N-dealkylation sites (tertiary alicyclic amines) is 1. The molecular formula is C30H36N2O8. The van der Waals surface area contributed by atoms with Crippen molar-refractivity contribution in [3.8, 4) is 17.2 Å². The van der Waals surface area contributed by atoms with E-state index in [0.29, 0.717) is 61.0 Å². The van der Waals surface area contributed by atoms with Crippen LogP contribution >= 0.6 is 0 Å². The zero-order chi connectivity index (χ0) is 28.6. The maximum Gasteiger partial charge on any atom is 0.306 e. The second kappa shape index (κ2) is 11.0. The topological polar surface area (TPSA) is 115 Å². The Morgan fingerprint density at radius 3 is 2.50 bits per heavy atom. The van der Waals surface area contributed by atoms with Crippen LogP contribution in [0.25, 0.3) is 0 Å². The molecule has 1 fully saturated rings. The van der Waals surface area contributed by atoms with Gasteiger partial charge in [0, 0.05) is 30.8 Å². The first-order valence-corrected chi connectivity index (χ1v) is 13.6. The molecule has 10 nitrogen and oxygen atoms in total. The van der Waals surface area contributed by atoms with Gasteiger partial charge >= 0.3 is 5.97 Å². The van der Waals surface area contributed by atoms with Gasteiger partial charge in [-0.1, -0.05) is 32.9 Å². The molecule has 1 saturated heterocycles. The van der Waals surface area contributed by atoms with Crippen molar-refractivity contribution in [3.05, 3.63) is 47.5 Å². The van der Waals surface area contributed by atoms with Crippen molar-refractivity contribution < 1.29 is 38.4 Å². The summed E-state index contributed by atoms with van der Waals surface area (Å²) in [7, 11) is 1.58. The van der Waals surface area contributed by atoms with Crippen molar-refractivity contribution in [1.29, 1.82) is 0 Å². The Balaban J connectivity index is 1.54. The number of fused-ring (bicyclic) bond motifs is 2. The lowest BCUT2D eigenvalue weighted by atomic mass is 9.94. The molecule has 2 aromatic rings. The number of hydrogen-bond acceptors (Lipinski definition) is 7. The zero-order valence-electron chi connectivity index (χ0n) is 23.3. The molecule has 10 heteroatoms. The van der Waals surface area contributed by atoms with Gasteiger partial charge in [-0.05, 0) is 42.5 Å². The molecule has 0 spiro atoms. The summed E-state index contributed by atoms with van der Waals surface area (Å²) in [4.78, 5) is 42.4. The van der Waals surface area contributed by atoms with Gasteiger partial charge in [-0.15, -0.1) is 0 Å². The van der Waals surface area contributed by atoms with Crippen molar-refractivity contribution in [2.24, 2.45) is 11.3 Å². The molecule has 2 atom stereocenters. The first-order valence-electron chi connectivity index (χ1n) is 13.6. The number of methoxy groups -OCH3 is 1. The summed E-state index contributed by atoms with van der Waals surface area (Å²) >= 11 is 0. The van der Waals surface area contributed by atoms with Gasteiger partial charge in [0.15, 0.2) is 11.5 Å². The molecule has 0 saturated carbocycles. The van der Waals surface area contributed by atoms with E-state index in [1.807, 2.05) is 36.4 Å². The van der Waals surface area contributed by atoms with E-state index in [0.717, 1.165) is 5.56 Å². The Hall–Kier alpha value is -3.79. The maximum absolute atomic E-state index is 14.2. The molecular weight excluding hydrogens is 516 g/mol. The first-order chi connectivity index (χ1) is 19.1. The molecule has 40 heavy (non-hydrogen) atoms. The number of carboxylic acids is 1. The van der Waals surface area contributed by atoms with Gasteiger partial charge < -0.3 is 33.9 Å². The number of carbonyl (C=O) groups excluding carboxylic acids is 2. The van der Waals surface area contributed by atoms with Gasteiger partial charge in [0.25, 0.3) is 5.91 Å². The van der Waals surface area contributed by atoms with E-state index < -0.39 is 24.1 Å². The minimum atomic E-state index is -1.08. The molecule has 0 aliphatic carbocycles.